The van der Waals surface area contributed by atoms with Crippen LogP contribution in [0.5, 0.6) is 0 Å². The number of rotatable bonds is 4. The second-order valence-corrected chi connectivity index (χ2v) is 13.4. The maximum absolute atomic E-state index is 14.0. The zero-order valence-corrected chi connectivity index (χ0v) is 20.8. The van der Waals surface area contributed by atoms with Crippen molar-refractivity contribution in [1.82, 2.24) is 14.8 Å². The fourth-order valence-corrected chi connectivity index (χ4v) is 7.29. The van der Waals surface area contributed by atoms with Gasteiger partial charge in [0.25, 0.3) is 0 Å². The van der Waals surface area contributed by atoms with Crippen molar-refractivity contribution in [2.24, 2.45) is 5.41 Å². The molecule has 0 bridgehead atoms. The summed E-state index contributed by atoms with van der Waals surface area (Å²) < 4.78 is 41.2. The first kappa shape index (κ1) is 23.6. The number of halogens is 1. The number of pyridine rings is 1. The number of aromatic nitrogens is 3. The molecule has 2 aromatic heterocycles. The lowest BCUT2D eigenvalue weighted by Gasteiger charge is -2.44. The highest BCUT2D eigenvalue weighted by Crippen LogP contribution is 2.52. The maximum Gasteiger partial charge on any atom is 0.191 e. The number of carbonyl (C=O) groups is 1. The SMILES string of the molecule is CC(C)(C)S(=O)(=O)[C@H]1CCC2=Cc3c(cnn3-c3ccc(F)cc3)C[C@]2(C(=O)c2ccccn2)C1. The van der Waals surface area contributed by atoms with E-state index in [0.29, 0.717) is 25.0 Å². The molecule has 0 spiro atoms. The third kappa shape index (κ3) is 3.84. The number of fused-ring (bicyclic) bond motifs is 2. The standard InChI is InChI=1S/C27H28FN3O3S/c1-26(2,3)35(33,34)22-12-7-19-14-24-18(17-30-31(24)21-10-8-20(28)9-11-21)15-27(19,16-22)25(32)23-6-4-5-13-29-23/h4-6,8-11,13-14,17,22H,7,12,15-16H2,1-3H3/t22-,27-/m0/s1. The lowest BCUT2D eigenvalue weighted by molar-refractivity contribution is 0.0796. The van der Waals surface area contributed by atoms with Crippen molar-refractivity contribution in [2.75, 3.05) is 0 Å². The second kappa shape index (κ2) is 8.22. The third-order valence-electron chi connectivity index (χ3n) is 7.31. The maximum atomic E-state index is 14.0. The number of Topliss-reactive ketones (excluding diaryl/α,β-unsaturated/α-hetero) is 1. The number of sulfone groups is 1. The molecule has 2 heterocycles. The van der Waals surface area contributed by atoms with Crippen molar-refractivity contribution in [2.45, 2.75) is 56.5 Å². The topological polar surface area (TPSA) is 81.9 Å². The molecule has 0 aliphatic heterocycles. The van der Waals surface area contributed by atoms with Gasteiger partial charge in [-0.1, -0.05) is 11.6 Å². The van der Waals surface area contributed by atoms with Gasteiger partial charge < -0.3 is 0 Å². The van der Waals surface area contributed by atoms with E-state index in [-0.39, 0.29) is 18.0 Å². The summed E-state index contributed by atoms with van der Waals surface area (Å²) >= 11 is 0. The molecule has 5 rings (SSSR count). The number of carbonyl (C=O) groups excluding carboxylic acids is 1. The van der Waals surface area contributed by atoms with Crippen molar-refractivity contribution in [3.8, 4) is 5.69 Å². The van der Waals surface area contributed by atoms with Crippen LogP contribution in [0.15, 0.2) is 60.4 Å². The molecule has 1 fully saturated rings. The summed E-state index contributed by atoms with van der Waals surface area (Å²) in [5, 5.41) is 3.91. The Morgan fingerprint density at radius 1 is 1.14 bits per heavy atom. The highest BCUT2D eigenvalue weighted by molar-refractivity contribution is 7.93. The smallest absolute Gasteiger partial charge is 0.191 e. The molecule has 2 aliphatic rings. The summed E-state index contributed by atoms with van der Waals surface area (Å²) in [5.41, 5.74) is 2.66. The molecule has 8 heteroatoms. The van der Waals surface area contributed by atoms with Crippen LogP contribution < -0.4 is 0 Å². The number of allylic oxidation sites excluding steroid dienone is 1. The molecule has 1 saturated carbocycles. The molecule has 0 unspecified atom stereocenters. The van der Waals surface area contributed by atoms with E-state index < -0.39 is 25.2 Å². The molecule has 35 heavy (non-hydrogen) atoms. The normalized spacial score (nSPS) is 22.2. The molecule has 2 aliphatic carbocycles. The van der Waals surface area contributed by atoms with Crippen LogP contribution >= 0.6 is 0 Å². The monoisotopic (exact) mass is 493 g/mol. The largest absolute Gasteiger partial charge is 0.291 e. The molecule has 0 amide bonds. The van der Waals surface area contributed by atoms with Crippen LogP contribution in [0.4, 0.5) is 4.39 Å². The van der Waals surface area contributed by atoms with Gasteiger partial charge in [-0.2, -0.15) is 5.10 Å². The average Bonchev–Trinajstić information content (AvgIpc) is 3.24. The number of hydrogen-bond acceptors (Lipinski definition) is 5. The van der Waals surface area contributed by atoms with E-state index in [1.54, 1.807) is 68.2 Å². The first-order valence-corrected chi connectivity index (χ1v) is 13.3. The van der Waals surface area contributed by atoms with Gasteiger partial charge in [0, 0.05) is 6.20 Å². The van der Waals surface area contributed by atoms with E-state index >= 15 is 0 Å². The molecule has 6 nitrogen and oxygen atoms in total. The van der Waals surface area contributed by atoms with Gasteiger partial charge in [-0.05, 0) is 94.5 Å². The van der Waals surface area contributed by atoms with E-state index in [0.717, 1.165) is 22.5 Å². The van der Waals surface area contributed by atoms with Crippen molar-refractivity contribution in [3.63, 3.8) is 0 Å². The van der Waals surface area contributed by atoms with Crippen LogP contribution in [0.3, 0.4) is 0 Å². The fraction of sp³-hybridized carbons (Fsp3) is 0.370. The van der Waals surface area contributed by atoms with E-state index in [9.17, 15) is 17.6 Å². The molecule has 182 valence electrons. The molecular formula is C27H28FN3O3S. The minimum absolute atomic E-state index is 0.154. The Balaban J connectivity index is 1.63. The number of ketones is 1. The van der Waals surface area contributed by atoms with Gasteiger partial charge in [0.2, 0.25) is 0 Å². The van der Waals surface area contributed by atoms with Gasteiger partial charge in [-0.25, -0.2) is 17.5 Å². The van der Waals surface area contributed by atoms with E-state index in [4.69, 9.17) is 0 Å². The highest BCUT2D eigenvalue weighted by Gasteiger charge is 2.53. The van der Waals surface area contributed by atoms with Crippen LogP contribution in [0, 0.1) is 11.2 Å². The van der Waals surface area contributed by atoms with Crippen LogP contribution in [-0.4, -0.2) is 39.0 Å². The molecule has 0 saturated heterocycles. The molecule has 3 aromatic rings. The van der Waals surface area contributed by atoms with E-state index in [2.05, 4.69) is 10.1 Å². The van der Waals surface area contributed by atoms with Crippen molar-refractivity contribution in [1.29, 1.82) is 0 Å². The number of nitrogens with zero attached hydrogens (tertiary/aromatic N) is 3. The predicted octanol–water partition coefficient (Wildman–Crippen LogP) is 4.98. The third-order valence-corrected chi connectivity index (χ3v) is 10.3. The summed E-state index contributed by atoms with van der Waals surface area (Å²) in [5.74, 6) is -0.482. The predicted molar refractivity (Wildman–Crippen MR) is 133 cm³/mol. The second-order valence-electron chi connectivity index (χ2n) is 10.4. The first-order valence-electron chi connectivity index (χ1n) is 11.8. The Hall–Kier alpha value is -3.13. The Morgan fingerprint density at radius 3 is 2.54 bits per heavy atom. The fourth-order valence-electron chi connectivity index (χ4n) is 5.36. The molecule has 0 radical (unpaired) electrons. The van der Waals surface area contributed by atoms with Crippen LogP contribution in [0.2, 0.25) is 0 Å². The Kier molecular flexibility index (Phi) is 5.55. The number of benzene rings is 1. The van der Waals surface area contributed by atoms with E-state index in [1.807, 2.05) is 6.08 Å². The lowest BCUT2D eigenvalue weighted by atomic mass is 9.61. The summed E-state index contributed by atoms with van der Waals surface area (Å²) in [4.78, 5) is 18.3. The summed E-state index contributed by atoms with van der Waals surface area (Å²) in [6.07, 6.45) is 6.81. The van der Waals surface area contributed by atoms with E-state index in [1.165, 1.54) is 12.1 Å². The average molecular weight is 494 g/mol. The van der Waals surface area contributed by atoms with Crippen molar-refractivity contribution in [3.05, 3.63) is 83.2 Å². The van der Waals surface area contributed by atoms with Crippen LogP contribution in [0.25, 0.3) is 11.8 Å². The quantitative estimate of drug-likeness (QED) is 0.479. The summed E-state index contributed by atoms with van der Waals surface area (Å²) in [6.45, 7) is 5.14. The molecular weight excluding hydrogens is 465 g/mol. The van der Waals surface area contributed by atoms with Crippen LogP contribution in [0.1, 0.15) is 61.8 Å². The highest BCUT2D eigenvalue weighted by atomic mass is 32.2. The first-order chi connectivity index (χ1) is 16.5. The van der Waals surface area contributed by atoms with Gasteiger partial charge in [0.1, 0.15) is 11.5 Å². The van der Waals surface area contributed by atoms with Crippen LogP contribution in [-0.2, 0) is 16.3 Å². The zero-order chi connectivity index (χ0) is 25.0. The van der Waals surface area contributed by atoms with Gasteiger partial charge >= 0.3 is 0 Å². The summed E-state index contributed by atoms with van der Waals surface area (Å²) in [7, 11) is -3.48. The number of hydrogen-bond donors (Lipinski definition) is 0. The zero-order valence-electron chi connectivity index (χ0n) is 20.0. The van der Waals surface area contributed by atoms with Gasteiger partial charge in [0.05, 0.1) is 33.0 Å². The van der Waals surface area contributed by atoms with Crippen molar-refractivity contribution >= 4 is 21.7 Å². The van der Waals surface area contributed by atoms with Gasteiger partial charge in [-0.15, -0.1) is 0 Å². The molecule has 2 atom stereocenters. The minimum Gasteiger partial charge on any atom is -0.291 e. The Morgan fingerprint density at radius 2 is 1.89 bits per heavy atom. The Bertz CT molecular complexity index is 1420. The van der Waals surface area contributed by atoms with Gasteiger partial charge in [-0.3, -0.25) is 9.78 Å². The molecule has 0 N–H and O–H groups in total. The molecule has 1 aromatic carbocycles. The summed E-state index contributed by atoms with van der Waals surface area (Å²) in [6, 6.07) is 11.3. The van der Waals surface area contributed by atoms with Crippen molar-refractivity contribution < 1.29 is 17.6 Å². The minimum atomic E-state index is -3.48. The lowest BCUT2D eigenvalue weighted by Crippen LogP contribution is -2.48. The Labute approximate surface area is 204 Å². The van der Waals surface area contributed by atoms with Gasteiger partial charge in [0.15, 0.2) is 15.6 Å².